The topological polar surface area (TPSA) is 41.1 Å². The summed E-state index contributed by atoms with van der Waals surface area (Å²) in [6.45, 7) is 1.47. The molecular weight excluding hydrogens is 221 g/mol. The van der Waals surface area contributed by atoms with Crippen molar-refractivity contribution in [1.29, 1.82) is 0 Å². The Morgan fingerprint density at radius 2 is 1.88 bits per heavy atom. The molecule has 0 aliphatic heterocycles. The fraction of sp³-hybridized carbons (Fsp3) is 0.300. The van der Waals surface area contributed by atoms with Crippen LogP contribution in [0, 0.1) is 17.5 Å². The third kappa shape index (κ3) is 2.44. The maximum Gasteiger partial charge on any atom is 0.241 e. The lowest BCUT2D eigenvalue weighted by molar-refractivity contribution is -0.121. The first-order valence-electron chi connectivity index (χ1n) is 4.59. The Morgan fingerprint density at radius 1 is 1.25 bits per heavy atom. The predicted molar refractivity (Wildman–Crippen MR) is 53.5 cm³/mol. The minimum absolute atomic E-state index is 0.255. The van der Waals surface area contributed by atoms with E-state index in [2.05, 4.69) is 10.6 Å². The number of carbonyl (C=O) groups is 1. The molecule has 2 N–H and O–H groups in total. The van der Waals surface area contributed by atoms with Crippen molar-refractivity contribution in [2.45, 2.75) is 13.0 Å². The first kappa shape index (κ1) is 12.4. The molecule has 0 heterocycles. The molecule has 1 atom stereocenters. The van der Waals surface area contributed by atoms with E-state index in [0.29, 0.717) is 0 Å². The summed E-state index contributed by atoms with van der Waals surface area (Å²) in [4.78, 5) is 11.1. The first-order chi connectivity index (χ1) is 7.47. The summed E-state index contributed by atoms with van der Waals surface area (Å²) in [5.74, 6) is -4.55. The number of nitrogens with one attached hydrogen (secondary N) is 2. The van der Waals surface area contributed by atoms with E-state index in [9.17, 15) is 18.0 Å². The van der Waals surface area contributed by atoms with Crippen LogP contribution in [0.25, 0.3) is 0 Å². The molecule has 1 aromatic carbocycles. The second-order valence-electron chi connectivity index (χ2n) is 3.20. The summed E-state index contributed by atoms with van der Waals surface area (Å²) in [6, 6.07) is 1.08. The van der Waals surface area contributed by atoms with Gasteiger partial charge in [0.25, 0.3) is 0 Å². The van der Waals surface area contributed by atoms with Crippen molar-refractivity contribution in [3.05, 3.63) is 29.6 Å². The lowest BCUT2D eigenvalue weighted by Crippen LogP contribution is -2.35. The fourth-order valence-electron chi connectivity index (χ4n) is 1.15. The molecule has 1 rings (SSSR count). The van der Waals surface area contributed by atoms with E-state index < -0.39 is 23.5 Å². The van der Waals surface area contributed by atoms with E-state index in [0.717, 1.165) is 12.1 Å². The Morgan fingerprint density at radius 3 is 2.44 bits per heavy atom. The highest BCUT2D eigenvalue weighted by atomic mass is 19.2. The van der Waals surface area contributed by atoms with Gasteiger partial charge >= 0.3 is 0 Å². The van der Waals surface area contributed by atoms with Gasteiger partial charge in [-0.25, -0.2) is 13.2 Å². The van der Waals surface area contributed by atoms with Crippen molar-refractivity contribution in [2.75, 3.05) is 12.4 Å². The van der Waals surface area contributed by atoms with Crippen LogP contribution in [-0.4, -0.2) is 19.0 Å². The smallest absolute Gasteiger partial charge is 0.241 e. The van der Waals surface area contributed by atoms with E-state index >= 15 is 0 Å². The zero-order valence-electron chi connectivity index (χ0n) is 8.77. The lowest BCUT2D eigenvalue weighted by atomic mass is 10.2. The maximum atomic E-state index is 13.2. The van der Waals surface area contributed by atoms with Gasteiger partial charge in [-0.3, -0.25) is 4.79 Å². The Balaban J connectivity index is 2.90. The number of hydrogen-bond donors (Lipinski definition) is 2. The van der Waals surface area contributed by atoms with Crippen LogP contribution in [-0.2, 0) is 4.79 Å². The summed E-state index contributed by atoms with van der Waals surface area (Å²) < 4.78 is 38.6. The summed E-state index contributed by atoms with van der Waals surface area (Å²) in [6.07, 6.45) is 0. The second kappa shape index (κ2) is 4.87. The van der Waals surface area contributed by atoms with Crippen molar-refractivity contribution >= 4 is 11.6 Å². The Kier molecular flexibility index (Phi) is 3.76. The van der Waals surface area contributed by atoms with Crippen molar-refractivity contribution in [3.63, 3.8) is 0 Å². The highest BCUT2D eigenvalue weighted by molar-refractivity contribution is 5.83. The molecule has 0 saturated heterocycles. The van der Waals surface area contributed by atoms with Gasteiger partial charge in [-0.15, -0.1) is 0 Å². The third-order valence-electron chi connectivity index (χ3n) is 2.05. The monoisotopic (exact) mass is 232 g/mol. The maximum absolute atomic E-state index is 13.2. The van der Waals surface area contributed by atoms with Gasteiger partial charge in [0, 0.05) is 7.05 Å². The van der Waals surface area contributed by atoms with Crippen molar-refractivity contribution in [3.8, 4) is 0 Å². The number of amides is 1. The van der Waals surface area contributed by atoms with Gasteiger partial charge in [0.15, 0.2) is 17.5 Å². The van der Waals surface area contributed by atoms with E-state index in [1.165, 1.54) is 14.0 Å². The molecule has 0 saturated carbocycles. The number of hydrogen-bond acceptors (Lipinski definition) is 2. The van der Waals surface area contributed by atoms with Crippen LogP contribution in [0.4, 0.5) is 18.9 Å². The van der Waals surface area contributed by atoms with Crippen LogP contribution >= 0.6 is 0 Å². The van der Waals surface area contributed by atoms with Gasteiger partial charge in [-0.05, 0) is 19.1 Å². The molecular formula is C10H11F3N2O. The molecule has 3 nitrogen and oxygen atoms in total. The van der Waals surface area contributed by atoms with Crippen LogP contribution < -0.4 is 10.6 Å². The summed E-state index contributed by atoms with van der Waals surface area (Å²) in [7, 11) is 1.42. The molecule has 1 unspecified atom stereocenters. The molecule has 0 aliphatic rings. The lowest BCUT2D eigenvalue weighted by Gasteiger charge is -2.14. The summed E-state index contributed by atoms with van der Waals surface area (Å²) in [5.41, 5.74) is -0.255. The molecule has 0 spiro atoms. The molecule has 1 aromatic rings. The molecule has 16 heavy (non-hydrogen) atoms. The number of anilines is 1. The van der Waals surface area contributed by atoms with Gasteiger partial charge in [0.05, 0.1) is 5.69 Å². The normalized spacial score (nSPS) is 12.1. The van der Waals surface area contributed by atoms with Crippen LogP contribution in [0.5, 0.6) is 0 Å². The zero-order valence-corrected chi connectivity index (χ0v) is 8.77. The van der Waals surface area contributed by atoms with Gasteiger partial charge < -0.3 is 10.6 Å². The number of benzene rings is 1. The first-order valence-corrected chi connectivity index (χ1v) is 4.59. The molecule has 6 heteroatoms. The number of rotatable bonds is 3. The Labute approximate surface area is 90.6 Å². The average molecular weight is 232 g/mol. The molecule has 0 aliphatic carbocycles. The molecule has 0 radical (unpaired) electrons. The number of carbonyl (C=O) groups excluding carboxylic acids is 1. The van der Waals surface area contributed by atoms with Gasteiger partial charge in [-0.1, -0.05) is 0 Å². The predicted octanol–water partition coefficient (Wildman–Crippen LogP) is 1.65. The van der Waals surface area contributed by atoms with Crippen molar-refractivity contribution in [1.82, 2.24) is 5.32 Å². The molecule has 0 bridgehead atoms. The van der Waals surface area contributed by atoms with Crippen molar-refractivity contribution in [2.24, 2.45) is 0 Å². The second-order valence-corrected chi connectivity index (χ2v) is 3.20. The highest BCUT2D eigenvalue weighted by Crippen LogP contribution is 2.20. The minimum atomic E-state index is -1.56. The molecule has 0 aromatic heterocycles. The van der Waals surface area contributed by atoms with Crippen molar-refractivity contribution < 1.29 is 18.0 Å². The summed E-state index contributed by atoms with van der Waals surface area (Å²) in [5, 5.41) is 4.77. The van der Waals surface area contributed by atoms with Crippen LogP contribution in [0.2, 0.25) is 0 Å². The average Bonchev–Trinajstić information content (AvgIpc) is 2.28. The molecule has 0 fully saturated rings. The Hall–Kier alpha value is -1.72. The zero-order chi connectivity index (χ0) is 12.3. The van der Waals surface area contributed by atoms with Crippen LogP contribution in [0.1, 0.15) is 6.92 Å². The summed E-state index contributed by atoms with van der Waals surface area (Å²) >= 11 is 0. The van der Waals surface area contributed by atoms with Gasteiger partial charge in [0.1, 0.15) is 6.04 Å². The standard InChI is InChI=1S/C10H11F3N2O/c1-5(10(16)14-2)15-7-4-3-6(11)8(12)9(7)13/h3-5,15H,1-2H3,(H,14,16). The van der Waals surface area contributed by atoms with Gasteiger partial charge in [-0.2, -0.15) is 0 Å². The molecule has 88 valence electrons. The van der Waals surface area contributed by atoms with Crippen LogP contribution in [0.15, 0.2) is 12.1 Å². The SMILES string of the molecule is CNC(=O)C(C)Nc1ccc(F)c(F)c1F. The largest absolute Gasteiger partial charge is 0.371 e. The van der Waals surface area contributed by atoms with E-state index in [1.807, 2.05) is 0 Å². The highest BCUT2D eigenvalue weighted by Gasteiger charge is 2.17. The van der Waals surface area contributed by atoms with E-state index in [1.54, 1.807) is 0 Å². The van der Waals surface area contributed by atoms with E-state index in [4.69, 9.17) is 0 Å². The van der Waals surface area contributed by atoms with Gasteiger partial charge in [0.2, 0.25) is 5.91 Å². The number of halogens is 3. The minimum Gasteiger partial charge on any atom is -0.371 e. The fourth-order valence-corrected chi connectivity index (χ4v) is 1.15. The van der Waals surface area contributed by atoms with E-state index in [-0.39, 0.29) is 11.6 Å². The molecule has 1 amide bonds. The third-order valence-corrected chi connectivity index (χ3v) is 2.05. The Bertz CT molecular complexity index is 409. The van der Waals surface area contributed by atoms with Crippen LogP contribution in [0.3, 0.4) is 0 Å². The number of likely N-dealkylation sites (N-methyl/N-ethyl adjacent to an activating group) is 1. The quantitative estimate of drug-likeness (QED) is 0.778.